The van der Waals surface area contributed by atoms with Gasteiger partial charge < -0.3 is 5.32 Å². The lowest BCUT2D eigenvalue weighted by Gasteiger charge is -2.05. The predicted molar refractivity (Wildman–Crippen MR) is 64.7 cm³/mol. The molecule has 2 heteroatoms. The van der Waals surface area contributed by atoms with E-state index in [1.165, 1.54) is 16.7 Å². The highest BCUT2D eigenvalue weighted by molar-refractivity contribution is 5.86. The minimum atomic E-state index is 1.02. The van der Waals surface area contributed by atoms with E-state index in [1.54, 1.807) is 6.20 Å². The molecule has 15 heavy (non-hydrogen) atoms. The summed E-state index contributed by atoms with van der Waals surface area (Å²) < 4.78 is 0. The number of aliphatic imine (C=N–C) groups is 1. The van der Waals surface area contributed by atoms with Crippen molar-refractivity contribution in [2.75, 3.05) is 0 Å². The highest BCUT2D eigenvalue weighted by Gasteiger charge is 1.96. The van der Waals surface area contributed by atoms with E-state index in [2.05, 4.69) is 48.4 Å². The molecule has 0 saturated heterocycles. The van der Waals surface area contributed by atoms with E-state index in [1.807, 2.05) is 12.4 Å². The van der Waals surface area contributed by atoms with Crippen LogP contribution in [0.25, 0.3) is 6.08 Å². The molecule has 1 heterocycles. The second kappa shape index (κ2) is 4.13. The molecule has 0 spiro atoms. The summed E-state index contributed by atoms with van der Waals surface area (Å²) in [6.45, 7) is 4.22. The third-order valence-corrected chi connectivity index (χ3v) is 2.19. The average Bonchev–Trinajstić information content (AvgIpc) is 2.17. The van der Waals surface area contributed by atoms with E-state index in [0.29, 0.717) is 0 Å². The quantitative estimate of drug-likeness (QED) is 0.737. The molecule has 0 unspecified atom stereocenters. The lowest BCUT2D eigenvalue weighted by Crippen LogP contribution is -2.08. The SMILES string of the molecule is Cc1cc(C)cc(C=C2C=NC=CN2)c1. The van der Waals surface area contributed by atoms with Crippen LogP contribution in [0.5, 0.6) is 0 Å². The van der Waals surface area contributed by atoms with Crippen molar-refractivity contribution in [3.05, 3.63) is 53.0 Å². The summed E-state index contributed by atoms with van der Waals surface area (Å²) in [7, 11) is 0. The summed E-state index contributed by atoms with van der Waals surface area (Å²) in [5.74, 6) is 0. The van der Waals surface area contributed by atoms with Crippen LogP contribution < -0.4 is 5.32 Å². The number of hydrogen-bond acceptors (Lipinski definition) is 2. The second-order valence-electron chi connectivity index (χ2n) is 3.76. The van der Waals surface area contributed by atoms with Gasteiger partial charge in [0.15, 0.2) is 0 Å². The molecule has 1 N–H and O–H groups in total. The van der Waals surface area contributed by atoms with Crippen molar-refractivity contribution >= 4 is 12.3 Å². The van der Waals surface area contributed by atoms with E-state index in [9.17, 15) is 0 Å². The minimum absolute atomic E-state index is 1.02. The molecule has 0 fully saturated rings. The maximum atomic E-state index is 4.06. The number of nitrogens with one attached hydrogen (secondary N) is 1. The van der Waals surface area contributed by atoms with Crippen molar-refractivity contribution in [2.45, 2.75) is 13.8 Å². The molecular weight excluding hydrogens is 184 g/mol. The van der Waals surface area contributed by atoms with Gasteiger partial charge >= 0.3 is 0 Å². The molecule has 0 saturated carbocycles. The molecule has 0 bridgehead atoms. The Bertz CT molecular complexity index is 433. The Morgan fingerprint density at radius 3 is 2.47 bits per heavy atom. The lowest BCUT2D eigenvalue weighted by molar-refractivity contribution is 1.12. The molecule has 0 radical (unpaired) electrons. The largest absolute Gasteiger partial charge is 0.359 e. The highest BCUT2D eigenvalue weighted by Crippen LogP contribution is 2.11. The Kier molecular flexibility index (Phi) is 2.68. The number of allylic oxidation sites excluding steroid dienone is 1. The summed E-state index contributed by atoms with van der Waals surface area (Å²) in [6.07, 6.45) is 7.47. The molecule has 2 rings (SSSR count). The van der Waals surface area contributed by atoms with Crippen LogP contribution in [0.4, 0.5) is 0 Å². The molecule has 76 valence electrons. The van der Waals surface area contributed by atoms with E-state index < -0.39 is 0 Å². The minimum Gasteiger partial charge on any atom is -0.359 e. The van der Waals surface area contributed by atoms with Crippen molar-refractivity contribution in [3.63, 3.8) is 0 Å². The zero-order valence-electron chi connectivity index (χ0n) is 8.99. The topological polar surface area (TPSA) is 24.4 Å². The van der Waals surface area contributed by atoms with Gasteiger partial charge in [-0.3, -0.25) is 4.99 Å². The van der Waals surface area contributed by atoms with Crippen molar-refractivity contribution in [3.8, 4) is 0 Å². The van der Waals surface area contributed by atoms with Gasteiger partial charge in [-0.15, -0.1) is 0 Å². The van der Waals surface area contributed by atoms with Crippen LogP contribution in [-0.4, -0.2) is 6.21 Å². The van der Waals surface area contributed by atoms with Crippen LogP contribution in [0.15, 0.2) is 41.3 Å². The van der Waals surface area contributed by atoms with Gasteiger partial charge in [0.05, 0.1) is 11.9 Å². The van der Waals surface area contributed by atoms with Crippen LogP contribution in [-0.2, 0) is 0 Å². The molecule has 1 aliphatic rings. The Morgan fingerprint density at radius 1 is 1.13 bits per heavy atom. The van der Waals surface area contributed by atoms with Crippen molar-refractivity contribution in [2.24, 2.45) is 4.99 Å². The van der Waals surface area contributed by atoms with Gasteiger partial charge in [-0.25, -0.2) is 0 Å². The summed E-state index contributed by atoms with van der Waals surface area (Å²) in [6, 6.07) is 6.49. The maximum absolute atomic E-state index is 4.06. The van der Waals surface area contributed by atoms with E-state index >= 15 is 0 Å². The number of benzene rings is 1. The summed E-state index contributed by atoms with van der Waals surface area (Å²) in [5, 5.41) is 3.14. The number of aryl methyl sites for hydroxylation is 2. The molecule has 2 nitrogen and oxygen atoms in total. The van der Waals surface area contributed by atoms with Gasteiger partial charge in [-0.1, -0.05) is 29.3 Å². The first-order valence-electron chi connectivity index (χ1n) is 4.99. The van der Waals surface area contributed by atoms with Crippen molar-refractivity contribution in [1.29, 1.82) is 0 Å². The van der Waals surface area contributed by atoms with Crippen LogP contribution in [0.3, 0.4) is 0 Å². The fourth-order valence-corrected chi connectivity index (χ4v) is 1.69. The molecular formula is C13H14N2. The monoisotopic (exact) mass is 198 g/mol. The Hall–Kier alpha value is -1.83. The normalized spacial score (nSPS) is 16.8. The number of nitrogens with zero attached hydrogens (tertiary/aromatic N) is 1. The van der Waals surface area contributed by atoms with Crippen LogP contribution >= 0.6 is 0 Å². The summed E-state index contributed by atoms with van der Waals surface area (Å²) in [4.78, 5) is 4.06. The Balaban J connectivity index is 2.30. The van der Waals surface area contributed by atoms with Crippen LogP contribution in [0, 0.1) is 13.8 Å². The van der Waals surface area contributed by atoms with Gasteiger partial charge in [-0.2, -0.15) is 0 Å². The average molecular weight is 198 g/mol. The molecule has 0 aromatic heterocycles. The molecule has 1 aromatic rings. The fraction of sp³-hybridized carbons (Fsp3) is 0.154. The predicted octanol–water partition coefficient (Wildman–Crippen LogP) is 2.79. The Labute approximate surface area is 90.0 Å². The summed E-state index contributed by atoms with van der Waals surface area (Å²) >= 11 is 0. The highest BCUT2D eigenvalue weighted by atomic mass is 14.9. The standard InChI is InChI=1S/C13H14N2/c1-10-5-11(2)7-12(6-10)8-13-9-14-3-4-15-13/h3-9,15H,1-2H3. The number of rotatable bonds is 1. The van der Waals surface area contributed by atoms with E-state index in [-0.39, 0.29) is 0 Å². The maximum Gasteiger partial charge on any atom is 0.0572 e. The van der Waals surface area contributed by atoms with Crippen LogP contribution in [0.2, 0.25) is 0 Å². The van der Waals surface area contributed by atoms with Crippen LogP contribution in [0.1, 0.15) is 16.7 Å². The molecule has 0 atom stereocenters. The number of hydrogen-bond donors (Lipinski definition) is 1. The van der Waals surface area contributed by atoms with Gasteiger partial charge in [0.2, 0.25) is 0 Å². The first kappa shape index (κ1) is 9.71. The first-order chi connectivity index (χ1) is 7.24. The third-order valence-electron chi connectivity index (χ3n) is 2.19. The third kappa shape index (κ3) is 2.56. The van der Waals surface area contributed by atoms with Crippen molar-refractivity contribution < 1.29 is 0 Å². The molecule has 1 aliphatic heterocycles. The zero-order chi connectivity index (χ0) is 10.7. The molecule has 0 amide bonds. The van der Waals surface area contributed by atoms with E-state index in [0.717, 1.165) is 5.70 Å². The smallest absolute Gasteiger partial charge is 0.0572 e. The Morgan fingerprint density at radius 2 is 1.87 bits per heavy atom. The molecule has 1 aromatic carbocycles. The fourth-order valence-electron chi connectivity index (χ4n) is 1.69. The van der Waals surface area contributed by atoms with Gasteiger partial charge in [-0.05, 0) is 25.5 Å². The second-order valence-corrected chi connectivity index (χ2v) is 3.76. The van der Waals surface area contributed by atoms with Gasteiger partial charge in [0.25, 0.3) is 0 Å². The first-order valence-corrected chi connectivity index (χ1v) is 4.99. The molecule has 0 aliphatic carbocycles. The van der Waals surface area contributed by atoms with Gasteiger partial charge in [0.1, 0.15) is 0 Å². The van der Waals surface area contributed by atoms with E-state index in [4.69, 9.17) is 0 Å². The summed E-state index contributed by atoms with van der Waals surface area (Å²) in [5.41, 5.74) is 4.79. The lowest BCUT2D eigenvalue weighted by atomic mass is 10.1. The zero-order valence-corrected chi connectivity index (χ0v) is 8.99. The van der Waals surface area contributed by atoms with Gasteiger partial charge in [0, 0.05) is 12.4 Å². The van der Waals surface area contributed by atoms with Crippen molar-refractivity contribution in [1.82, 2.24) is 5.32 Å².